The third-order valence-electron chi connectivity index (χ3n) is 10.1. The van der Waals surface area contributed by atoms with Gasteiger partial charge in [-0.05, 0) is 55.9 Å². The summed E-state index contributed by atoms with van der Waals surface area (Å²) in [7, 11) is 0. The summed E-state index contributed by atoms with van der Waals surface area (Å²) in [6.07, 6.45) is 9.06. The Kier molecular flexibility index (Phi) is 6.18. The van der Waals surface area contributed by atoms with Crippen molar-refractivity contribution in [3.8, 4) is 0 Å². The van der Waals surface area contributed by atoms with Gasteiger partial charge in [-0.2, -0.15) is 0 Å². The van der Waals surface area contributed by atoms with E-state index in [1.54, 1.807) is 12.4 Å². The molecule has 9 nitrogen and oxygen atoms in total. The van der Waals surface area contributed by atoms with Crippen LogP contribution in [0, 0.1) is 0 Å². The molecule has 1 aliphatic carbocycles. The lowest BCUT2D eigenvalue weighted by Crippen LogP contribution is -2.38. The second kappa shape index (κ2) is 10.1. The highest BCUT2D eigenvalue weighted by Gasteiger charge is 2.51. The zero-order chi connectivity index (χ0) is 29.1. The first-order chi connectivity index (χ1) is 21.0. The fraction of sp³-hybridized carbons (Fsp3) is 0.382. The molecule has 0 saturated carbocycles. The molecular formula is C34H34N6O3. The molecule has 1 aromatic carbocycles. The third kappa shape index (κ3) is 4.20. The van der Waals surface area contributed by atoms with Gasteiger partial charge in [0.2, 0.25) is 5.91 Å². The molecule has 43 heavy (non-hydrogen) atoms. The lowest BCUT2D eigenvalue weighted by atomic mass is 9.80. The van der Waals surface area contributed by atoms with Gasteiger partial charge in [-0.15, -0.1) is 0 Å². The van der Waals surface area contributed by atoms with E-state index in [-0.39, 0.29) is 29.8 Å². The lowest BCUT2D eigenvalue weighted by molar-refractivity contribution is -0.120. The maximum Gasteiger partial charge on any atom is 0.253 e. The number of hydrogen-bond donors (Lipinski definition) is 2. The molecule has 218 valence electrons. The molecular weight excluding hydrogens is 540 g/mol. The summed E-state index contributed by atoms with van der Waals surface area (Å²) < 4.78 is 8.04. The third-order valence-corrected chi connectivity index (χ3v) is 10.1. The van der Waals surface area contributed by atoms with Crippen LogP contribution >= 0.6 is 0 Å². The lowest BCUT2D eigenvalue weighted by Gasteiger charge is -2.38. The number of ether oxygens (including phenoxy) is 1. The van der Waals surface area contributed by atoms with E-state index in [0.29, 0.717) is 30.1 Å². The number of carbonyl (C=O) groups is 2. The van der Waals surface area contributed by atoms with Crippen LogP contribution in [0.15, 0.2) is 67.1 Å². The summed E-state index contributed by atoms with van der Waals surface area (Å²) in [6.45, 7) is 3.80. The first-order valence-corrected chi connectivity index (χ1v) is 15.3. The first-order valence-electron chi connectivity index (χ1n) is 15.3. The highest BCUT2D eigenvalue weighted by atomic mass is 16.5. The van der Waals surface area contributed by atoms with Crippen molar-refractivity contribution in [2.45, 2.75) is 68.4 Å². The van der Waals surface area contributed by atoms with Gasteiger partial charge in [0.15, 0.2) is 0 Å². The molecule has 4 aliphatic rings. The largest absolute Gasteiger partial charge is 0.381 e. The highest BCUT2D eigenvalue weighted by Crippen LogP contribution is 2.47. The van der Waals surface area contributed by atoms with Crippen molar-refractivity contribution in [3.05, 3.63) is 107 Å². The predicted molar refractivity (Wildman–Crippen MR) is 160 cm³/mol. The highest BCUT2D eigenvalue weighted by molar-refractivity contribution is 6.06. The molecule has 2 N–H and O–H groups in total. The van der Waals surface area contributed by atoms with Crippen LogP contribution in [0.25, 0.3) is 0 Å². The van der Waals surface area contributed by atoms with E-state index in [4.69, 9.17) is 9.72 Å². The summed E-state index contributed by atoms with van der Waals surface area (Å²) in [5.74, 6) is 1.91. The normalized spacial score (nSPS) is 26.1. The molecule has 3 aromatic heterocycles. The van der Waals surface area contributed by atoms with Crippen molar-refractivity contribution in [1.29, 1.82) is 0 Å². The van der Waals surface area contributed by atoms with Crippen LogP contribution in [-0.2, 0) is 27.8 Å². The molecule has 4 aromatic rings. The first kappa shape index (κ1) is 26.3. The Labute approximate surface area is 250 Å². The second-order valence-electron chi connectivity index (χ2n) is 12.4. The average molecular weight is 575 g/mol. The fourth-order valence-electron chi connectivity index (χ4n) is 7.84. The Morgan fingerprint density at radius 2 is 1.88 bits per heavy atom. The van der Waals surface area contributed by atoms with Gasteiger partial charge in [0.1, 0.15) is 11.6 Å². The van der Waals surface area contributed by atoms with Crippen LogP contribution in [0.1, 0.15) is 94.4 Å². The number of fused-ring (bicyclic) bond motifs is 4. The number of nitrogens with one attached hydrogen (secondary N) is 2. The van der Waals surface area contributed by atoms with Crippen LogP contribution < -0.4 is 10.6 Å². The van der Waals surface area contributed by atoms with Crippen LogP contribution in [0.3, 0.4) is 0 Å². The minimum absolute atomic E-state index is 0.0550. The van der Waals surface area contributed by atoms with Gasteiger partial charge in [0.05, 0.1) is 17.0 Å². The summed E-state index contributed by atoms with van der Waals surface area (Å²) in [5, 5.41) is 6.27. The minimum Gasteiger partial charge on any atom is -0.381 e. The van der Waals surface area contributed by atoms with Crippen molar-refractivity contribution in [2.75, 3.05) is 18.5 Å². The monoisotopic (exact) mass is 574 g/mol. The number of benzene rings is 1. The number of carbonyl (C=O) groups excluding carboxylic acids is 2. The van der Waals surface area contributed by atoms with Gasteiger partial charge < -0.3 is 19.9 Å². The molecule has 8 rings (SSSR count). The number of aromatic nitrogens is 4. The SMILES string of the molecule is CC1[C@H](c2ccccc2)C[C@H](NC(=O)c2cnc3c(c2)CC2(C3)C(=O)Nc3ncccc32)c2ncc(C3CCOCC3)n21. The Hall–Kier alpha value is -4.37. The minimum atomic E-state index is -0.720. The molecule has 3 aliphatic heterocycles. The summed E-state index contributed by atoms with van der Waals surface area (Å²) in [4.78, 5) is 40.9. The van der Waals surface area contributed by atoms with E-state index in [1.165, 1.54) is 11.3 Å². The molecule has 1 spiro atoms. The number of imidazole rings is 1. The maximum absolute atomic E-state index is 13.8. The number of pyridine rings is 2. The van der Waals surface area contributed by atoms with Gasteiger partial charge in [-0.25, -0.2) is 9.97 Å². The van der Waals surface area contributed by atoms with Crippen molar-refractivity contribution < 1.29 is 14.3 Å². The Morgan fingerprint density at radius 1 is 1.05 bits per heavy atom. The van der Waals surface area contributed by atoms with Gasteiger partial charge in [0.25, 0.3) is 5.91 Å². The van der Waals surface area contributed by atoms with E-state index in [2.05, 4.69) is 56.4 Å². The van der Waals surface area contributed by atoms with E-state index < -0.39 is 5.41 Å². The summed E-state index contributed by atoms with van der Waals surface area (Å²) >= 11 is 0. The molecule has 0 bridgehead atoms. The fourth-order valence-corrected chi connectivity index (χ4v) is 7.84. The second-order valence-corrected chi connectivity index (χ2v) is 12.4. The van der Waals surface area contributed by atoms with Gasteiger partial charge in [0, 0.05) is 73.1 Å². The topological polar surface area (TPSA) is 111 Å². The quantitative estimate of drug-likeness (QED) is 0.363. The van der Waals surface area contributed by atoms with E-state index >= 15 is 0 Å². The summed E-state index contributed by atoms with van der Waals surface area (Å²) in [6, 6.07) is 16.3. The van der Waals surface area contributed by atoms with Gasteiger partial charge in [-0.3, -0.25) is 14.6 Å². The molecule has 0 radical (unpaired) electrons. The Morgan fingerprint density at radius 3 is 2.72 bits per heavy atom. The number of hydrogen-bond acceptors (Lipinski definition) is 6. The van der Waals surface area contributed by atoms with Crippen molar-refractivity contribution >= 4 is 17.6 Å². The Bertz CT molecular complexity index is 1730. The maximum atomic E-state index is 13.8. The molecule has 2 unspecified atom stereocenters. The molecule has 1 fully saturated rings. The van der Waals surface area contributed by atoms with E-state index in [1.807, 2.05) is 30.5 Å². The number of nitrogens with zero attached hydrogens (tertiary/aromatic N) is 4. The van der Waals surface area contributed by atoms with Crippen LogP contribution in [0.4, 0.5) is 5.82 Å². The molecule has 9 heteroatoms. The number of rotatable bonds is 4. The van der Waals surface area contributed by atoms with Crippen LogP contribution in [0.2, 0.25) is 0 Å². The van der Waals surface area contributed by atoms with Crippen LogP contribution in [-0.4, -0.2) is 44.5 Å². The van der Waals surface area contributed by atoms with E-state index in [0.717, 1.165) is 55.1 Å². The number of anilines is 1. The van der Waals surface area contributed by atoms with E-state index in [9.17, 15) is 9.59 Å². The van der Waals surface area contributed by atoms with Crippen molar-refractivity contribution in [3.63, 3.8) is 0 Å². The zero-order valence-electron chi connectivity index (χ0n) is 24.1. The molecule has 4 atom stereocenters. The Balaban J connectivity index is 1.09. The standard InChI is InChI=1S/C34H34N6O3/c1-20-25(21-6-3-2-4-7-21)15-27(31-37-19-29(40(20)31)22-9-12-43-13-10-22)38-32(41)24-14-23-16-34(17-28(23)36-18-24)26-8-5-11-35-30(26)39-33(34)42/h2-8,11,14,18-20,22,25,27H,9-10,12-13,15-17H2,1H3,(H,38,41)(H,35,39,42)/t20?,25-,27+,34?/m1/s1. The number of amides is 2. The molecule has 6 heterocycles. The predicted octanol–water partition coefficient (Wildman–Crippen LogP) is 4.78. The molecule has 2 amide bonds. The smallest absolute Gasteiger partial charge is 0.253 e. The van der Waals surface area contributed by atoms with Crippen molar-refractivity contribution in [1.82, 2.24) is 24.8 Å². The van der Waals surface area contributed by atoms with Crippen LogP contribution in [0.5, 0.6) is 0 Å². The van der Waals surface area contributed by atoms with Gasteiger partial charge >= 0.3 is 0 Å². The van der Waals surface area contributed by atoms with Gasteiger partial charge in [-0.1, -0.05) is 36.4 Å². The van der Waals surface area contributed by atoms with Crippen molar-refractivity contribution in [2.24, 2.45) is 0 Å². The molecule has 1 saturated heterocycles. The zero-order valence-corrected chi connectivity index (χ0v) is 24.1. The average Bonchev–Trinajstić information content (AvgIpc) is 3.73. The summed E-state index contributed by atoms with van der Waals surface area (Å²) in [5.41, 5.74) is 4.97.